The molecule has 0 aromatic heterocycles. The third-order valence-corrected chi connectivity index (χ3v) is 2.62. The van der Waals surface area contributed by atoms with Gasteiger partial charge in [0.1, 0.15) is 5.75 Å². The van der Waals surface area contributed by atoms with Gasteiger partial charge in [-0.05, 0) is 52.2 Å². The van der Waals surface area contributed by atoms with Crippen molar-refractivity contribution in [3.05, 3.63) is 29.8 Å². The molecule has 0 aliphatic heterocycles. The van der Waals surface area contributed by atoms with Gasteiger partial charge in [-0.15, -0.1) is 0 Å². The maximum absolute atomic E-state index is 11.9. The molecule has 0 saturated carbocycles. The van der Waals surface area contributed by atoms with Gasteiger partial charge in [0.15, 0.2) is 0 Å². The summed E-state index contributed by atoms with van der Waals surface area (Å²) in [6.45, 7) is 7.24. The zero-order valence-corrected chi connectivity index (χ0v) is 11.6. The number of aryl methyl sites for hydroxylation is 1. The minimum Gasteiger partial charge on any atom is -0.426 e. The van der Waals surface area contributed by atoms with Gasteiger partial charge < -0.3 is 9.84 Å². The maximum atomic E-state index is 11.9. The van der Waals surface area contributed by atoms with E-state index < -0.39 is 5.41 Å². The molecule has 0 heterocycles. The molecular weight excluding hydrogens is 228 g/mol. The number of para-hydroxylation sites is 1. The maximum Gasteiger partial charge on any atom is 0.316 e. The van der Waals surface area contributed by atoms with Crippen LogP contribution in [0.15, 0.2) is 24.3 Å². The summed E-state index contributed by atoms with van der Waals surface area (Å²) in [6, 6.07) is 7.47. The molecule has 0 aliphatic rings. The first-order chi connectivity index (χ1) is 8.30. The molecule has 1 rings (SSSR count). The highest BCUT2D eigenvalue weighted by molar-refractivity contribution is 5.78. The molecule has 100 valence electrons. The van der Waals surface area contributed by atoms with Crippen molar-refractivity contribution in [1.82, 2.24) is 0 Å². The number of carbonyl (C=O) groups is 1. The molecule has 0 spiro atoms. The zero-order chi connectivity index (χ0) is 13.8. The van der Waals surface area contributed by atoms with Crippen LogP contribution in [0.1, 0.15) is 39.7 Å². The van der Waals surface area contributed by atoms with E-state index >= 15 is 0 Å². The smallest absolute Gasteiger partial charge is 0.316 e. The molecule has 1 atom stereocenters. The lowest BCUT2D eigenvalue weighted by Gasteiger charge is -2.18. The van der Waals surface area contributed by atoms with E-state index in [9.17, 15) is 9.90 Å². The highest BCUT2D eigenvalue weighted by atomic mass is 16.5. The fraction of sp³-hybridized carbons (Fsp3) is 0.533. The molecule has 1 N–H and O–H groups in total. The summed E-state index contributed by atoms with van der Waals surface area (Å²) >= 11 is 0. The molecule has 0 radical (unpaired) electrons. The van der Waals surface area contributed by atoms with Crippen LogP contribution in [0.25, 0.3) is 0 Å². The Morgan fingerprint density at radius 3 is 2.50 bits per heavy atom. The molecular formula is C15H22O3. The summed E-state index contributed by atoms with van der Waals surface area (Å²) < 4.78 is 5.42. The predicted molar refractivity (Wildman–Crippen MR) is 71.5 cm³/mol. The van der Waals surface area contributed by atoms with Crippen molar-refractivity contribution in [2.24, 2.45) is 5.41 Å². The van der Waals surface area contributed by atoms with Crippen LogP contribution in [0.4, 0.5) is 0 Å². The van der Waals surface area contributed by atoms with Gasteiger partial charge in [0.25, 0.3) is 0 Å². The number of ether oxygens (including phenoxy) is 1. The Kier molecular flexibility index (Phi) is 4.91. The average Bonchev–Trinajstić information content (AvgIpc) is 2.26. The van der Waals surface area contributed by atoms with Gasteiger partial charge in [-0.25, -0.2) is 0 Å². The Morgan fingerprint density at radius 2 is 1.94 bits per heavy atom. The standard InChI is InChI=1S/C15H22O3/c1-11(16)9-10-12-7-5-6-8-13(12)18-14(17)15(2,3)4/h5-8,11,16H,9-10H2,1-4H3. The SMILES string of the molecule is CC(O)CCc1ccccc1OC(=O)C(C)(C)C. The second-order valence-corrected chi connectivity index (χ2v) is 5.63. The molecule has 3 heteroatoms. The number of esters is 1. The monoisotopic (exact) mass is 250 g/mol. The van der Waals surface area contributed by atoms with Crippen molar-refractivity contribution in [1.29, 1.82) is 0 Å². The lowest BCUT2D eigenvalue weighted by Crippen LogP contribution is -2.26. The summed E-state index contributed by atoms with van der Waals surface area (Å²) in [5.41, 5.74) is 0.438. The van der Waals surface area contributed by atoms with Crippen LogP contribution < -0.4 is 4.74 Å². The average molecular weight is 250 g/mol. The first-order valence-electron chi connectivity index (χ1n) is 6.29. The number of hydrogen-bond acceptors (Lipinski definition) is 3. The molecule has 1 aromatic rings. The van der Waals surface area contributed by atoms with Crippen LogP contribution in [0, 0.1) is 5.41 Å². The Labute approximate surface area is 109 Å². The molecule has 0 bridgehead atoms. The van der Waals surface area contributed by atoms with Crippen molar-refractivity contribution in [3.8, 4) is 5.75 Å². The predicted octanol–water partition coefficient (Wildman–Crippen LogP) is 2.95. The van der Waals surface area contributed by atoms with Gasteiger partial charge >= 0.3 is 5.97 Å². The first kappa shape index (κ1) is 14.7. The quantitative estimate of drug-likeness (QED) is 0.660. The Hall–Kier alpha value is -1.35. The molecule has 1 unspecified atom stereocenters. The van der Waals surface area contributed by atoms with Crippen molar-refractivity contribution in [2.45, 2.75) is 46.6 Å². The van der Waals surface area contributed by atoms with Crippen LogP contribution in [0.5, 0.6) is 5.75 Å². The fourth-order valence-electron chi connectivity index (χ4n) is 1.43. The van der Waals surface area contributed by atoms with Crippen LogP contribution in [0.2, 0.25) is 0 Å². The van der Waals surface area contributed by atoms with Crippen molar-refractivity contribution >= 4 is 5.97 Å². The van der Waals surface area contributed by atoms with E-state index in [1.54, 1.807) is 13.0 Å². The number of rotatable bonds is 4. The fourth-order valence-corrected chi connectivity index (χ4v) is 1.43. The first-order valence-corrected chi connectivity index (χ1v) is 6.29. The van der Waals surface area contributed by atoms with Crippen LogP contribution in [-0.2, 0) is 11.2 Å². The van der Waals surface area contributed by atoms with Crippen LogP contribution in [0.3, 0.4) is 0 Å². The highest BCUT2D eigenvalue weighted by Gasteiger charge is 2.24. The molecule has 0 fully saturated rings. The third-order valence-electron chi connectivity index (χ3n) is 2.62. The van der Waals surface area contributed by atoms with Crippen molar-refractivity contribution in [2.75, 3.05) is 0 Å². The van der Waals surface area contributed by atoms with E-state index in [1.165, 1.54) is 0 Å². The lowest BCUT2D eigenvalue weighted by atomic mass is 9.97. The Bertz CT molecular complexity index is 402. The van der Waals surface area contributed by atoms with Gasteiger partial charge in [-0.3, -0.25) is 4.79 Å². The van der Waals surface area contributed by atoms with Gasteiger partial charge in [0, 0.05) is 0 Å². The second-order valence-electron chi connectivity index (χ2n) is 5.63. The number of aliphatic hydroxyl groups is 1. The van der Waals surface area contributed by atoms with Crippen LogP contribution in [-0.4, -0.2) is 17.2 Å². The Morgan fingerprint density at radius 1 is 1.33 bits per heavy atom. The number of benzene rings is 1. The minimum atomic E-state index is -0.516. The number of aliphatic hydroxyl groups excluding tert-OH is 1. The largest absolute Gasteiger partial charge is 0.426 e. The summed E-state index contributed by atoms with van der Waals surface area (Å²) in [5.74, 6) is 0.352. The number of carbonyl (C=O) groups excluding carboxylic acids is 1. The number of hydrogen-bond donors (Lipinski definition) is 1. The molecule has 1 aromatic carbocycles. The summed E-state index contributed by atoms with van der Waals surface area (Å²) in [4.78, 5) is 11.9. The summed E-state index contributed by atoms with van der Waals surface area (Å²) in [7, 11) is 0. The van der Waals surface area contributed by atoms with E-state index in [0.717, 1.165) is 5.56 Å². The summed E-state index contributed by atoms with van der Waals surface area (Å²) in [5, 5.41) is 9.31. The highest BCUT2D eigenvalue weighted by Crippen LogP contribution is 2.24. The van der Waals surface area contributed by atoms with Crippen molar-refractivity contribution in [3.63, 3.8) is 0 Å². The van der Waals surface area contributed by atoms with E-state index in [-0.39, 0.29) is 12.1 Å². The van der Waals surface area contributed by atoms with Crippen molar-refractivity contribution < 1.29 is 14.6 Å². The molecule has 18 heavy (non-hydrogen) atoms. The third kappa shape index (κ3) is 4.49. The molecule has 0 saturated heterocycles. The van der Waals surface area contributed by atoms with E-state index in [2.05, 4.69) is 0 Å². The molecule has 0 amide bonds. The van der Waals surface area contributed by atoms with Gasteiger partial charge in [-0.1, -0.05) is 18.2 Å². The second kappa shape index (κ2) is 6.01. The van der Waals surface area contributed by atoms with Gasteiger partial charge in [0.05, 0.1) is 11.5 Å². The lowest BCUT2D eigenvalue weighted by molar-refractivity contribution is -0.143. The van der Waals surface area contributed by atoms with E-state index in [4.69, 9.17) is 4.74 Å². The normalized spacial score (nSPS) is 13.2. The molecule has 0 aliphatic carbocycles. The van der Waals surface area contributed by atoms with Gasteiger partial charge in [-0.2, -0.15) is 0 Å². The van der Waals surface area contributed by atoms with E-state index in [1.807, 2.05) is 39.0 Å². The van der Waals surface area contributed by atoms with E-state index in [0.29, 0.717) is 18.6 Å². The molecule has 3 nitrogen and oxygen atoms in total. The Balaban J connectivity index is 2.79. The zero-order valence-electron chi connectivity index (χ0n) is 11.6. The van der Waals surface area contributed by atoms with Gasteiger partial charge in [0.2, 0.25) is 0 Å². The topological polar surface area (TPSA) is 46.5 Å². The minimum absolute atomic E-state index is 0.244. The van der Waals surface area contributed by atoms with Crippen LogP contribution >= 0.6 is 0 Å². The summed E-state index contributed by atoms with van der Waals surface area (Å²) in [6.07, 6.45) is 1.01.